The van der Waals surface area contributed by atoms with Crippen LogP contribution in [0.2, 0.25) is 0 Å². The lowest BCUT2D eigenvalue weighted by molar-refractivity contribution is -0.124. The summed E-state index contributed by atoms with van der Waals surface area (Å²) in [6, 6.07) is 15.3. The second-order valence-corrected chi connectivity index (χ2v) is 8.42. The summed E-state index contributed by atoms with van der Waals surface area (Å²) in [6.45, 7) is 2.91. The minimum Gasteiger partial charge on any atom is -0.349 e. The van der Waals surface area contributed by atoms with Gasteiger partial charge in [-0.1, -0.05) is 18.2 Å². The van der Waals surface area contributed by atoms with E-state index < -0.39 is 0 Å². The molecule has 3 heterocycles. The van der Waals surface area contributed by atoms with Gasteiger partial charge in [0.15, 0.2) is 0 Å². The molecule has 32 heavy (non-hydrogen) atoms. The number of carbonyl (C=O) groups is 2. The van der Waals surface area contributed by atoms with Crippen LogP contribution in [0, 0.1) is 24.2 Å². The molecule has 1 aromatic heterocycles. The van der Waals surface area contributed by atoms with Crippen LogP contribution in [0.5, 0.6) is 0 Å². The van der Waals surface area contributed by atoms with Gasteiger partial charge in [-0.3, -0.25) is 9.59 Å². The highest BCUT2D eigenvalue weighted by Gasteiger charge is 2.39. The summed E-state index contributed by atoms with van der Waals surface area (Å²) in [5.74, 6) is 0.428. The zero-order valence-electron chi connectivity index (χ0n) is 17.8. The number of aromatic amines is 1. The van der Waals surface area contributed by atoms with Crippen LogP contribution in [-0.2, 0) is 22.4 Å². The first-order valence-electron chi connectivity index (χ1n) is 10.8. The van der Waals surface area contributed by atoms with Crippen LogP contribution in [0.4, 0.5) is 11.4 Å². The molecule has 0 radical (unpaired) electrons. The zero-order valence-corrected chi connectivity index (χ0v) is 17.8. The van der Waals surface area contributed by atoms with Crippen LogP contribution >= 0.6 is 0 Å². The van der Waals surface area contributed by atoms with Gasteiger partial charge in [-0.2, -0.15) is 5.26 Å². The van der Waals surface area contributed by atoms with Gasteiger partial charge in [-0.25, -0.2) is 4.98 Å². The number of aromatic nitrogens is 2. The third-order valence-electron chi connectivity index (χ3n) is 6.21. The summed E-state index contributed by atoms with van der Waals surface area (Å²) in [7, 11) is 0. The van der Waals surface area contributed by atoms with E-state index in [2.05, 4.69) is 22.1 Å². The third-order valence-corrected chi connectivity index (χ3v) is 6.21. The molecule has 2 aliphatic rings. The molecule has 0 bridgehead atoms. The summed E-state index contributed by atoms with van der Waals surface area (Å²) in [5, 5.41) is 9.13. The first kappa shape index (κ1) is 20.0. The molecule has 0 saturated carbocycles. The fraction of sp³-hybridized carbons (Fsp3) is 0.280. The summed E-state index contributed by atoms with van der Waals surface area (Å²) in [4.78, 5) is 37.0. The number of nitrogens with one attached hydrogen (secondary N) is 1. The predicted octanol–water partition coefficient (Wildman–Crippen LogP) is 3.12. The molecule has 2 aliphatic heterocycles. The Balaban J connectivity index is 1.31. The molecule has 2 amide bonds. The fourth-order valence-electron chi connectivity index (χ4n) is 4.65. The number of hydrogen-bond acceptors (Lipinski definition) is 4. The highest BCUT2D eigenvalue weighted by atomic mass is 16.2. The number of nitrogens with zero attached hydrogens (tertiary/aromatic N) is 4. The van der Waals surface area contributed by atoms with Gasteiger partial charge in [0.2, 0.25) is 11.8 Å². The lowest BCUT2D eigenvalue weighted by atomic mass is 10.0. The number of rotatable bonds is 4. The van der Waals surface area contributed by atoms with Gasteiger partial charge in [0.05, 0.1) is 23.2 Å². The minimum atomic E-state index is -0.383. The van der Waals surface area contributed by atoms with Crippen LogP contribution in [0.25, 0.3) is 0 Å². The Kier molecular flexibility index (Phi) is 4.98. The molecule has 0 spiro atoms. The Bertz CT molecular complexity index is 1260. The molecule has 1 atom stereocenters. The highest BCUT2D eigenvalue weighted by molar-refractivity contribution is 6.05. The van der Waals surface area contributed by atoms with Crippen LogP contribution in [0.1, 0.15) is 34.6 Å². The number of hydrogen-bond donors (Lipinski definition) is 1. The van der Waals surface area contributed by atoms with Gasteiger partial charge < -0.3 is 14.8 Å². The maximum atomic E-state index is 13.3. The average Bonchev–Trinajstić information content (AvgIpc) is 3.51. The van der Waals surface area contributed by atoms with Crippen LogP contribution in [-0.4, -0.2) is 34.9 Å². The van der Waals surface area contributed by atoms with Crippen molar-refractivity contribution in [3.63, 3.8) is 0 Å². The van der Waals surface area contributed by atoms with E-state index in [9.17, 15) is 9.59 Å². The standard InChI is InChI=1S/C25H23N5O2/c1-16-27-14-21(28-16)10-17-5-6-23-19(9-17)7-8-29(23)25(32)20-12-24(31)30(15-20)22-4-2-3-18(11-22)13-26/h2-6,9,11,14,20H,7-8,10,12,15H2,1H3,(H,27,28). The van der Waals surface area contributed by atoms with Crippen molar-refractivity contribution in [1.29, 1.82) is 5.26 Å². The van der Waals surface area contributed by atoms with E-state index in [-0.39, 0.29) is 24.2 Å². The number of benzene rings is 2. The molecule has 160 valence electrons. The number of H-pyrrole nitrogens is 1. The number of carbonyl (C=O) groups excluding carboxylic acids is 2. The van der Waals surface area contributed by atoms with Crippen molar-refractivity contribution < 1.29 is 9.59 Å². The maximum absolute atomic E-state index is 13.3. The zero-order chi connectivity index (χ0) is 22.2. The smallest absolute Gasteiger partial charge is 0.232 e. The largest absolute Gasteiger partial charge is 0.349 e. The van der Waals surface area contributed by atoms with E-state index in [1.807, 2.05) is 30.2 Å². The molecule has 3 aromatic rings. The van der Waals surface area contributed by atoms with E-state index in [4.69, 9.17) is 5.26 Å². The molecule has 7 heteroatoms. The van der Waals surface area contributed by atoms with Crippen molar-refractivity contribution in [2.24, 2.45) is 5.92 Å². The quantitative estimate of drug-likeness (QED) is 0.695. The lowest BCUT2D eigenvalue weighted by Crippen LogP contribution is -2.36. The Hall–Kier alpha value is -3.92. The maximum Gasteiger partial charge on any atom is 0.232 e. The van der Waals surface area contributed by atoms with Crippen LogP contribution in [0.15, 0.2) is 48.7 Å². The highest BCUT2D eigenvalue weighted by Crippen LogP contribution is 2.33. The number of amides is 2. The van der Waals surface area contributed by atoms with E-state index in [1.165, 1.54) is 5.56 Å². The lowest BCUT2D eigenvalue weighted by Gasteiger charge is -2.22. The average molecular weight is 425 g/mol. The Labute approximate surface area is 186 Å². The molecule has 7 nitrogen and oxygen atoms in total. The molecular formula is C25H23N5O2. The molecule has 1 unspecified atom stereocenters. The SMILES string of the molecule is Cc1nc(Cc2ccc3c(c2)CCN3C(=O)C2CC(=O)N(c3cccc(C#N)c3)C2)c[nH]1. The van der Waals surface area contributed by atoms with E-state index in [0.29, 0.717) is 24.3 Å². The van der Waals surface area contributed by atoms with Crippen molar-refractivity contribution in [2.75, 3.05) is 22.9 Å². The number of fused-ring (bicyclic) bond motifs is 1. The molecule has 1 fully saturated rings. The first-order valence-corrected chi connectivity index (χ1v) is 10.8. The second kappa shape index (κ2) is 7.97. The summed E-state index contributed by atoms with van der Waals surface area (Å²) in [6.07, 6.45) is 3.67. The summed E-state index contributed by atoms with van der Waals surface area (Å²) < 4.78 is 0. The van der Waals surface area contributed by atoms with Crippen molar-refractivity contribution in [2.45, 2.75) is 26.2 Å². The Morgan fingerprint density at radius 1 is 1.28 bits per heavy atom. The van der Waals surface area contributed by atoms with Gasteiger partial charge >= 0.3 is 0 Å². The number of imidazole rings is 1. The molecule has 2 aromatic carbocycles. The first-order chi connectivity index (χ1) is 15.5. The number of anilines is 2. The Morgan fingerprint density at radius 3 is 2.94 bits per heavy atom. The van der Waals surface area contributed by atoms with Gasteiger partial charge in [-0.05, 0) is 48.7 Å². The van der Waals surface area contributed by atoms with E-state index >= 15 is 0 Å². The number of nitriles is 1. The van der Waals surface area contributed by atoms with E-state index in [0.717, 1.165) is 35.6 Å². The second-order valence-electron chi connectivity index (χ2n) is 8.42. The summed E-state index contributed by atoms with van der Waals surface area (Å²) >= 11 is 0. The van der Waals surface area contributed by atoms with Gasteiger partial charge in [0.25, 0.3) is 0 Å². The van der Waals surface area contributed by atoms with Crippen molar-refractivity contribution in [3.8, 4) is 6.07 Å². The van der Waals surface area contributed by atoms with Crippen molar-refractivity contribution >= 4 is 23.2 Å². The van der Waals surface area contributed by atoms with Gasteiger partial charge in [0.1, 0.15) is 5.82 Å². The Morgan fingerprint density at radius 2 is 2.16 bits per heavy atom. The number of aryl methyl sites for hydroxylation is 1. The molecule has 1 saturated heterocycles. The molecule has 0 aliphatic carbocycles. The molecule has 5 rings (SSSR count). The van der Waals surface area contributed by atoms with Crippen LogP contribution < -0.4 is 9.80 Å². The summed E-state index contributed by atoms with van der Waals surface area (Å²) in [5.41, 5.74) is 5.44. The van der Waals surface area contributed by atoms with Crippen molar-refractivity contribution in [3.05, 3.63) is 76.9 Å². The van der Waals surface area contributed by atoms with Crippen LogP contribution in [0.3, 0.4) is 0 Å². The predicted molar refractivity (Wildman–Crippen MR) is 120 cm³/mol. The van der Waals surface area contributed by atoms with Crippen molar-refractivity contribution in [1.82, 2.24) is 9.97 Å². The van der Waals surface area contributed by atoms with Gasteiger partial charge in [-0.15, -0.1) is 0 Å². The third kappa shape index (κ3) is 3.65. The fourth-order valence-corrected chi connectivity index (χ4v) is 4.65. The minimum absolute atomic E-state index is 0.00767. The normalized spacial score (nSPS) is 17.5. The molecular weight excluding hydrogens is 402 g/mol. The van der Waals surface area contributed by atoms with E-state index in [1.54, 1.807) is 29.2 Å². The topological polar surface area (TPSA) is 93.1 Å². The van der Waals surface area contributed by atoms with Gasteiger partial charge in [0, 0.05) is 43.5 Å². The monoisotopic (exact) mass is 425 g/mol. The molecule has 1 N–H and O–H groups in total.